The van der Waals surface area contributed by atoms with E-state index in [0.29, 0.717) is 17.0 Å². The number of amides is 2. The second-order valence-corrected chi connectivity index (χ2v) is 4.59. The number of carbonyl (C=O) groups excluding carboxylic acids is 2. The first-order valence-electron chi connectivity index (χ1n) is 5.97. The van der Waals surface area contributed by atoms with E-state index in [-0.39, 0.29) is 23.7 Å². The van der Waals surface area contributed by atoms with E-state index in [4.69, 9.17) is 10.00 Å². The van der Waals surface area contributed by atoms with E-state index in [2.05, 4.69) is 0 Å². The summed E-state index contributed by atoms with van der Waals surface area (Å²) in [5, 5.41) is 8.85. The molecule has 1 saturated heterocycles. The second kappa shape index (κ2) is 4.73. The van der Waals surface area contributed by atoms with Crippen molar-refractivity contribution < 1.29 is 14.3 Å². The molecular formula is C14H14N2O3. The first-order chi connectivity index (χ1) is 9.01. The highest BCUT2D eigenvalue weighted by atomic mass is 16.5. The highest BCUT2D eigenvalue weighted by Gasteiger charge is 2.44. The van der Waals surface area contributed by atoms with E-state index < -0.39 is 0 Å². The molecule has 19 heavy (non-hydrogen) atoms. The lowest BCUT2D eigenvalue weighted by Gasteiger charge is -2.17. The zero-order valence-electron chi connectivity index (χ0n) is 11.0. The highest BCUT2D eigenvalue weighted by molar-refractivity contribution is 6.22. The van der Waals surface area contributed by atoms with Crippen LogP contribution in [0.5, 0.6) is 5.75 Å². The maximum Gasteiger partial charge on any atom is 0.237 e. The predicted octanol–water partition coefficient (Wildman–Crippen LogP) is 1.71. The Balaban J connectivity index is 2.51. The number of anilines is 1. The Morgan fingerprint density at radius 3 is 2.26 bits per heavy atom. The Hall–Kier alpha value is -2.35. The summed E-state index contributed by atoms with van der Waals surface area (Å²) in [4.78, 5) is 25.4. The molecular weight excluding hydrogens is 244 g/mol. The quantitative estimate of drug-likeness (QED) is 0.757. The fourth-order valence-electron chi connectivity index (χ4n) is 2.11. The molecule has 0 aliphatic carbocycles. The summed E-state index contributed by atoms with van der Waals surface area (Å²) >= 11 is 0. The summed E-state index contributed by atoms with van der Waals surface area (Å²) in [6.45, 7) is 3.47. The van der Waals surface area contributed by atoms with Gasteiger partial charge in [-0.1, -0.05) is 13.8 Å². The van der Waals surface area contributed by atoms with Gasteiger partial charge >= 0.3 is 0 Å². The minimum absolute atomic E-state index is 0.236. The third-order valence-electron chi connectivity index (χ3n) is 3.52. The van der Waals surface area contributed by atoms with Gasteiger partial charge in [0.05, 0.1) is 24.4 Å². The average molecular weight is 258 g/mol. The van der Waals surface area contributed by atoms with Gasteiger partial charge in [-0.2, -0.15) is 5.26 Å². The van der Waals surface area contributed by atoms with Crippen molar-refractivity contribution in [2.24, 2.45) is 11.8 Å². The summed E-state index contributed by atoms with van der Waals surface area (Å²) in [7, 11) is 1.44. The number of hydrogen-bond donors (Lipinski definition) is 0. The van der Waals surface area contributed by atoms with Crippen LogP contribution >= 0.6 is 0 Å². The van der Waals surface area contributed by atoms with Crippen LogP contribution in [-0.2, 0) is 9.59 Å². The zero-order valence-corrected chi connectivity index (χ0v) is 11.0. The minimum Gasteiger partial charge on any atom is -0.495 e. The Kier molecular flexibility index (Phi) is 3.26. The standard InChI is InChI=1S/C14H14N2O3/c1-8-9(2)14(18)16(13(8)17)11-5-4-10(7-15)6-12(11)19-3/h4-6,8-9H,1-3H3. The van der Waals surface area contributed by atoms with Crippen LogP contribution in [-0.4, -0.2) is 18.9 Å². The molecule has 98 valence electrons. The Morgan fingerprint density at radius 1 is 1.21 bits per heavy atom. The van der Waals surface area contributed by atoms with Crippen LogP contribution in [0.2, 0.25) is 0 Å². The number of imide groups is 1. The van der Waals surface area contributed by atoms with Crippen LogP contribution in [0, 0.1) is 23.2 Å². The van der Waals surface area contributed by atoms with Gasteiger partial charge in [-0.15, -0.1) is 0 Å². The first-order valence-corrected chi connectivity index (χ1v) is 5.97. The van der Waals surface area contributed by atoms with Crippen LogP contribution in [0.4, 0.5) is 5.69 Å². The van der Waals surface area contributed by atoms with E-state index in [1.807, 2.05) is 6.07 Å². The van der Waals surface area contributed by atoms with Gasteiger partial charge in [0, 0.05) is 17.9 Å². The van der Waals surface area contributed by atoms with Gasteiger partial charge in [0.15, 0.2) is 0 Å². The fraction of sp³-hybridized carbons (Fsp3) is 0.357. The number of carbonyl (C=O) groups is 2. The summed E-state index contributed by atoms with van der Waals surface area (Å²) in [5.74, 6) is -0.802. The largest absolute Gasteiger partial charge is 0.495 e. The SMILES string of the molecule is COc1cc(C#N)ccc1N1C(=O)C(C)C(C)C1=O. The lowest BCUT2D eigenvalue weighted by Crippen LogP contribution is -2.31. The molecule has 2 unspecified atom stereocenters. The topological polar surface area (TPSA) is 70.4 Å². The third kappa shape index (κ3) is 1.95. The lowest BCUT2D eigenvalue weighted by atomic mass is 10.00. The minimum atomic E-state index is -0.340. The van der Waals surface area contributed by atoms with E-state index in [9.17, 15) is 9.59 Å². The molecule has 0 spiro atoms. The van der Waals surface area contributed by atoms with Gasteiger partial charge in [-0.25, -0.2) is 4.90 Å². The molecule has 2 atom stereocenters. The number of methoxy groups -OCH3 is 1. The molecule has 0 saturated carbocycles. The smallest absolute Gasteiger partial charge is 0.237 e. The number of nitriles is 1. The molecule has 0 aromatic heterocycles. The number of benzene rings is 1. The van der Waals surface area contributed by atoms with Crippen molar-refractivity contribution in [3.05, 3.63) is 23.8 Å². The van der Waals surface area contributed by atoms with Crippen molar-refractivity contribution in [1.82, 2.24) is 0 Å². The van der Waals surface area contributed by atoms with Gasteiger partial charge in [-0.05, 0) is 12.1 Å². The molecule has 1 aromatic carbocycles. The maximum atomic E-state index is 12.1. The predicted molar refractivity (Wildman–Crippen MR) is 68.5 cm³/mol. The second-order valence-electron chi connectivity index (χ2n) is 4.59. The fourth-order valence-corrected chi connectivity index (χ4v) is 2.11. The molecule has 2 amide bonds. The number of rotatable bonds is 2. The van der Waals surface area contributed by atoms with Crippen LogP contribution in [0.1, 0.15) is 19.4 Å². The molecule has 5 heteroatoms. The Morgan fingerprint density at radius 2 is 1.79 bits per heavy atom. The Bertz CT molecular complexity index is 569. The van der Waals surface area contributed by atoms with Gasteiger partial charge < -0.3 is 4.74 Å². The lowest BCUT2D eigenvalue weighted by molar-refractivity contribution is -0.122. The monoisotopic (exact) mass is 258 g/mol. The maximum absolute atomic E-state index is 12.1. The van der Waals surface area contributed by atoms with Crippen molar-refractivity contribution in [3.8, 4) is 11.8 Å². The zero-order chi connectivity index (χ0) is 14.2. The molecule has 0 N–H and O–H groups in total. The van der Waals surface area contributed by atoms with Crippen molar-refractivity contribution >= 4 is 17.5 Å². The molecule has 5 nitrogen and oxygen atoms in total. The molecule has 1 heterocycles. The van der Waals surface area contributed by atoms with Crippen molar-refractivity contribution in [1.29, 1.82) is 5.26 Å². The number of nitrogens with zero attached hydrogens (tertiary/aromatic N) is 2. The summed E-state index contributed by atoms with van der Waals surface area (Å²) in [6, 6.07) is 6.64. The Labute approximate surface area is 111 Å². The van der Waals surface area contributed by atoms with Gasteiger partial charge in [0.2, 0.25) is 11.8 Å². The third-order valence-corrected chi connectivity index (χ3v) is 3.52. The molecule has 1 aromatic rings. The highest BCUT2D eigenvalue weighted by Crippen LogP contribution is 2.36. The van der Waals surface area contributed by atoms with Crippen LogP contribution < -0.4 is 9.64 Å². The van der Waals surface area contributed by atoms with Gasteiger partial charge in [-0.3, -0.25) is 9.59 Å². The number of ether oxygens (including phenoxy) is 1. The molecule has 1 fully saturated rings. The average Bonchev–Trinajstić information content (AvgIpc) is 2.62. The van der Waals surface area contributed by atoms with E-state index in [1.165, 1.54) is 13.2 Å². The molecule has 1 aliphatic rings. The van der Waals surface area contributed by atoms with E-state index >= 15 is 0 Å². The molecule has 2 rings (SSSR count). The molecule has 1 aliphatic heterocycles. The molecule has 0 radical (unpaired) electrons. The van der Waals surface area contributed by atoms with Crippen LogP contribution in [0.3, 0.4) is 0 Å². The van der Waals surface area contributed by atoms with E-state index in [1.54, 1.807) is 26.0 Å². The summed E-state index contributed by atoms with van der Waals surface area (Å²) in [5.41, 5.74) is 0.813. The van der Waals surface area contributed by atoms with Crippen molar-refractivity contribution in [2.45, 2.75) is 13.8 Å². The molecule has 0 bridgehead atoms. The van der Waals surface area contributed by atoms with Crippen molar-refractivity contribution in [3.63, 3.8) is 0 Å². The van der Waals surface area contributed by atoms with Crippen molar-refractivity contribution in [2.75, 3.05) is 12.0 Å². The summed E-state index contributed by atoms with van der Waals surface area (Å²) < 4.78 is 5.17. The van der Waals surface area contributed by atoms with Gasteiger partial charge in [0.25, 0.3) is 0 Å². The van der Waals surface area contributed by atoms with Gasteiger partial charge in [0.1, 0.15) is 5.75 Å². The van der Waals surface area contributed by atoms with E-state index in [0.717, 1.165) is 4.90 Å². The van der Waals surface area contributed by atoms with Crippen LogP contribution in [0.25, 0.3) is 0 Å². The normalized spacial score (nSPS) is 22.5. The van der Waals surface area contributed by atoms with Crippen LogP contribution in [0.15, 0.2) is 18.2 Å². The number of hydrogen-bond acceptors (Lipinski definition) is 4. The first kappa shape index (κ1) is 13.1. The summed E-state index contributed by atoms with van der Waals surface area (Å²) in [6.07, 6.45) is 0.